The van der Waals surface area contributed by atoms with Crippen molar-refractivity contribution < 1.29 is 12.8 Å². The molecule has 0 saturated heterocycles. The Morgan fingerprint density at radius 1 is 1.30 bits per heavy atom. The number of benzene rings is 1. The van der Waals surface area contributed by atoms with E-state index < -0.39 is 15.9 Å². The van der Waals surface area contributed by atoms with Crippen LogP contribution in [0.3, 0.4) is 0 Å². The van der Waals surface area contributed by atoms with E-state index in [4.69, 9.17) is 10.2 Å². The first-order valence-corrected chi connectivity index (χ1v) is 7.82. The summed E-state index contributed by atoms with van der Waals surface area (Å²) in [4.78, 5) is 0. The lowest BCUT2D eigenvalue weighted by Crippen LogP contribution is -2.07. The van der Waals surface area contributed by atoms with Crippen LogP contribution >= 0.6 is 0 Å². The summed E-state index contributed by atoms with van der Waals surface area (Å²) in [6.45, 7) is 5.43. The SMILES string of the molecule is Cc1ccc(C)c(CS(=O)(=O)c2nnc(C(C)N)o2)c1. The quantitative estimate of drug-likeness (QED) is 0.921. The molecule has 0 amide bonds. The van der Waals surface area contributed by atoms with Crippen molar-refractivity contribution in [1.29, 1.82) is 0 Å². The molecule has 0 saturated carbocycles. The Balaban J connectivity index is 2.33. The first-order chi connectivity index (χ1) is 9.29. The highest BCUT2D eigenvalue weighted by molar-refractivity contribution is 7.90. The molecular weight excluding hydrogens is 278 g/mol. The molecule has 1 aromatic heterocycles. The molecule has 1 heterocycles. The van der Waals surface area contributed by atoms with Gasteiger partial charge in [0.05, 0.1) is 11.8 Å². The Labute approximate surface area is 117 Å². The van der Waals surface area contributed by atoms with E-state index in [0.29, 0.717) is 0 Å². The van der Waals surface area contributed by atoms with Gasteiger partial charge in [-0.3, -0.25) is 0 Å². The van der Waals surface area contributed by atoms with Gasteiger partial charge in [-0.1, -0.05) is 28.9 Å². The van der Waals surface area contributed by atoms with Gasteiger partial charge in [-0.05, 0) is 31.9 Å². The minimum atomic E-state index is -3.66. The van der Waals surface area contributed by atoms with Crippen molar-refractivity contribution in [3.8, 4) is 0 Å². The Morgan fingerprint density at radius 3 is 2.60 bits per heavy atom. The summed E-state index contributed by atoms with van der Waals surface area (Å²) in [5, 5.41) is 6.83. The van der Waals surface area contributed by atoms with Gasteiger partial charge < -0.3 is 10.2 Å². The predicted octanol–water partition coefficient (Wildman–Crippen LogP) is 1.68. The van der Waals surface area contributed by atoms with Crippen LogP contribution in [-0.2, 0) is 15.6 Å². The summed E-state index contributed by atoms with van der Waals surface area (Å²) in [5.74, 6) is -0.0503. The van der Waals surface area contributed by atoms with Gasteiger partial charge in [0.1, 0.15) is 0 Å². The van der Waals surface area contributed by atoms with E-state index in [1.165, 1.54) is 0 Å². The number of rotatable bonds is 4. The number of hydrogen-bond acceptors (Lipinski definition) is 6. The first kappa shape index (κ1) is 14.7. The smallest absolute Gasteiger partial charge is 0.335 e. The molecule has 6 nitrogen and oxygen atoms in total. The molecule has 0 fully saturated rings. The van der Waals surface area contributed by atoms with Crippen LogP contribution in [0.25, 0.3) is 0 Å². The van der Waals surface area contributed by atoms with Gasteiger partial charge in [0, 0.05) is 0 Å². The van der Waals surface area contributed by atoms with Gasteiger partial charge in [-0.25, -0.2) is 8.42 Å². The Kier molecular flexibility index (Phi) is 3.92. The molecule has 0 aliphatic heterocycles. The largest absolute Gasteiger partial charge is 0.411 e. The predicted molar refractivity (Wildman–Crippen MR) is 73.7 cm³/mol. The molecular formula is C13H17N3O3S. The van der Waals surface area contributed by atoms with E-state index in [1.807, 2.05) is 32.0 Å². The molecule has 0 radical (unpaired) electrons. The van der Waals surface area contributed by atoms with E-state index in [-0.39, 0.29) is 16.9 Å². The van der Waals surface area contributed by atoms with Crippen molar-refractivity contribution in [3.05, 3.63) is 40.8 Å². The number of nitrogens with zero attached hydrogens (tertiary/aromatic N) is 2. The van der Waals surface area contributed by atoms with Crippen molar-refractivity contribution in [2.24, 2.45) is 5.73 Å². The summed E-state index contributed by atoms with van der Waals surface area (Å²) in [6, 6.07) is 5.18. The second-order valence-corrected chi connectivity index (χ2v) is 6.75. The maximum Gasteiger partial charge on any atom is 0.335 e. The molecule has 1 aromatic carbocycles. The molecule has 108 valence electrons. The van der Waals surface area contributed by atoms with E-state index in [9.17, 15) is 8.42 Å². The molecule has 20 heavy (non-hydrogen) atoms. The minimum Gasteiger partial charge on any atom is -0.411 e. The Bertz CT molecular complexity index is 720. The highest BCUT2D eigenvalue weighted by Gasteiger charge is 2.24. The summed E-state index contributed by atoms with van der Waals surface area (Å²) >= 11 is 0. The van der Waals surface area contributed by atoms with E-state index in [1.54, 1.807) is 6.92 Å². The van der Waals surface area contributed by atoms with Crippen molar-refractivity contribution >= 4 is 9.84 Å². The van der Waals surface area contributed by atoms with E-state index >= 15 is 0 Å². The van der Waals surface area contributed by atoms with Crippen molar-refractivity contribution in [3.63, 3.8) is 0 Å². The van der Waals surface area contributed by atoms with Crippen LogP contribution in [0.1, 0.15) is 35.5 Å². The summed E-state index contributed by atoms with van der Waals surface area (Å²) in [5.41, 5.74) is 8.21. The molecule has 7 heteroatoms. The fourth-order valence-electron chi connectivity index (χ4n) is 1.75. The van der Waals surface area contributed by atoms with Gasteiger partial charge in [0.25, 0.3) is 0 Å². The number of nitrogens with two attached hydrogens (primary N) is 1. The monoisotopic (exact) mass is 295 g/mol. The molecule has 0 spiro atoms. The third-order valence-corrected chi connectivity index (χ3v) is 4.32. The lowest BCUT2D eigenvalue weighted by atomic mass is 10.1. The van der Waals surface area contributed by atoms with Gasteiger partial charge in [0.15, 0.2) is 0 Å². The molecule has 0 bridgehead atoms. The fourth-order valence-corrected chi connectivity index (χ4v) is 2.97. The van der Waals surface area contributed by atoms with Crippen LogP contribution in [0, 0.1) is 13.8 Å². The average Bonchev–Trinajstić information content (AvgIpc) is 2.84. The van der Waals surface area contributed by atoms with Crippen molar-refractivity contribution in [2.45, 2.75) is 37.8 Å². The van der Waals surface area contributed by atoms with Crippen LogP contribution in [-0.4, -0.2) is 18.6 Å². The summed E-state index contributed by atoms with van der Waals surface area (Å²) < 4.78 is 29.6. The normalized spacial score (nSPS) is 13.4. The molecule has 2 N–H and O–H groups in total. The highest BCUT2D eigenvalue weighted by Crippen LogP contribution is 2.20. The lowest BCUT2D eigenvalue weighted by Gasteiger charge is -2.06. The topological polar surface area (TPSA) is 99.1 Å². The number of hydrogen-bond donors (Lipinski definition) is 1. The zero-order chi connectivity index (χ0) is 14.9. The number of sulfone groups is 1. The molecule has 0 aliphatic carbocycles. The van der Waals surface area contributed by atoms with Crippen molar-refractivity contribution in [2.75, 3.05) is 0 Å². The van der Waals surface area contributed by atoms with E-state index in [2.05, 4.69) is 10.2 Å². The maximum atomic E-state index is 12.3. The first-order valence-electron chi connectivity index (χ1n) is 6.17. The zero-order valence-corrected chi connectivity index (χ0v) is 12.4. The van der Waals surface area contributed by atoms with Crippen LogP contribution in [0.4, 0.5) is 0 Å². The van der Waals surface area contributed by atoms with Gasteiger partial charge >= 0.3 is 5.22 Å². The molecule has 2 rings (SSSR count). The van der Waals surface area contributed by atoms with Crippen molar-refractivity contribution in [1.82, 2.24) is 10.2 Å². The summed E-state index contributed by atoms with van der Waals surface area (Å²) in [6.07, 6.45) is 0. The summed E-state index contributed by atoms with van der Waals surface area (Å²) in [7, 11) is -3.66. The molecule has 2 aromatic rings. The standard InChI is InChI=1S/C13H17N3O3S/c1-8-4-5-9(2)11(6-8)7-20(17,18)13-16-15-12(19-13)10(3)14/h4-6,10H,7,14H2,1-3H3. The zero-order valence-electron chi connectivity index (χ0n) is 11.6. The number of aromatic nitrogens is 2. The van der Waals surface area contributed by atoms with Crippen LogP contribution in [0.2, 0.25) is 0 Å². The fraction of sp³-hybridized carbons (Fsp3) is 0.385. The second kappa shape index (κ2) is 5.34. The van der Waals surface area contributed by atoms with Gasteiger partial charge in [0.2, 0.25) is 15.7 Å². The second-order valence-electron chi connectivity index (χ2n) is 4.88. The van der Waals surface area contributed by atoms with E-state index in [0.717, 1.165) is 16.7 Å². The van der Waals surface area contributed by atoms with Crippen LogP contribution in [0.15, 0.2) is 27.8 Å². The lowest BCUT2D eigenvalue weighted by molar-refractivity contribution is 0.380. The number of aryl methyl sites for hydroxylation is 2. The molecule has 1 atom stereocenters. The van der Waals surface area contributed by atoms with Gasteiger partial charge in [-0.2, -0.15) is 0 Å². The third kappa shape index (κ3) is 3.05. The third-order valence-electron chi connectivity index (χ3n) is 2.93. The molecule has 1 unspecified atom stereocenters. The van der Waals surface area contributed by atoms with Crippen LogP contribution < -0.4 is 5.73 Å². The maximum absolute atomic E-state index is 12.3. The van der Waals surface area contributed by atoms with Crippen LogP contribution in [0.5, 0.6) is 0 Å². The molecule has 0 aliphatic rings. The average molecular weight is 295 g/mol. The highest BCUT2D eigenvalue weighted by atomic mass is 32.2. The minimum absolute atomic E-state index is 0.115. The Hall–Kier alpha value is -1.73. The Morgan fingerprint density at radius 2 is 2.00 bits per heavy atom. The van der Waals surface area contributed by atoms with Gasteiger partial charge in [-0.15, -0.1) is 5.10 Å².